The van der Waals surface area contributed by atoms with E-state index in [9.17, 15) is 4.79 Å². The molecule has 2 nitrogen and oxygen atoms in total. The Kier molecular flexibility index (Phi) is 4.10. The summed E-state index contributed by atoms with van der Waals surface area (Å²) < 4.78 is 5.94. The Morgan fingerprint density at radius 1 is 1.35 bits per heavy atom. The summed E-state index contributed by atoms with van der Waals surface area (Å²) in [6, 6.07) is 10.2. The fraction of sp³-hybridized carbons (Fsp3) is 0.400. The van der Waals surface area contributed by atoms with Crippen LogP contribution < -0.4 is 0 Å². The third kappa shape index (κ3) is 3.27. The zero-order valence-corrected chi connectivity index (χ0v) is 10.1. The van der Waals surface area contributed by atoms with Gasteiger partial charge < -0.3 is 4.74 Å². The molecule has 0 aliphatic carbocycles. The van der Waals surface area contributed by atoms with Crippen LogP contribution in [-0.2, 0) is 9.53 Å². The Balaban J connectivity index is 2.00. The smallest absolute Gasteiger partial charge is 0.135 e. The number of carbonyl (C=O) groups is 1. The first kappa shape index (κ1) is 12.1. The van der Waals surface area contributed by atoms with Crippen molar-refractivity contribution < 1.29 is 9.53 Å². The monoisotopic (exact) mass is 230 g/mol. The normalized spacial score (nSPS) is 23.6. The maximum Gasteiger partial charge on any atom is 0.135 e. The van der Waals surface area contributed by atoms with Gasteiger partial charge in [-0.05, 0) is 12.0 Å². The Hall–Kier alpha value is -1.41. The molecule has 1 aliphatic rings. The van der Waals surface area contributed by atoms with Gasteiger partial charge in [-0.3, -0.25) is 4.79 Å². The first-order valence-corrected chi connectivity index (χ1v) is 6.18. The summed E-state index contributed by atoms with van der Waals surface area (Å²) in [5.41, 5.74) is 1.19. The second-order valence-electron chi connectivity index (χ2n) is 4.33. The molecule has 1 aliphatic heterocycles. The first-order valence-electron chi connectivity index (χ1n) is 6.18. The van der Waals surface area contributed by atoms with E-state index in [0.717, 1.165) is 6.42 Å². The van der Waals surface area contributed by atoms with Crippen LogP contribution in [0.25, 0.3) is 0 Å². The number of Topliss-reactive ketones (excluding diaryl/α,β-unsaturated/α-hetero) is 1. The largest absolute Gasteiger partial charge is 0.365 e. The lowest BCUT2D eigenvalue weighted by Crippen LogP contribution is -2.21. The van der Waals surface area contributed by atoms with Crippen LogP contribution in [0.4, 0.5) is 0 Å². The van der Waals surface area contributed by atoms with Crippen LogP contribution in [-0.4, -0.2) is 11.9 Å². The lowest BCUT2D eigenvalue weighted by molar-refractivity contribution is -0.122. The van der Waals surface area contributed by atoms with Gasteiger partial charge in [-0.25, -0.2) is 0 Å². The lowest BCUT2D eigenvalue weighted by Gasteiger charge is -2.26. The van der Waals surface area contributed by atoms with Crippen molar-refractivity contribution in [3.05, 3.63) is 48.0 Å². The number of carbonyl (C=O) groups excluding carboxylic acids is 1. The number of hydrogen-bond donors (Lipinski definition) is 0. The summed E-state index contributed by atoms with van der Waals surface area (Å²) in [6.45, 7) is 1.89. The predicted octanol–water partition coefficient (Wildman–Crippen LogP) is 3.44. The molecule has 2 rings (SSSR count). The third-order valence-corrected chi connectivity index (χ3v) is 3.03. The summed E-state index contributed by atoms with van der Waals surface area (Å²) in [6.07, 6.45) is 6.14. The highest BCUT2D eigenvalue weighted by Gasteiger charge is 2.20. The van der Waals surface area contributed by atoms with Gasteiger partial charge in [-0.15, -0.1) is 0 Å². The van der Waals surface area contributed by atoms with Crippen LogP contribution in [0.5, 0.6) is 0 Å². The zero-order valence-electron chi connectivity index (χ0n) is 10.1. The van der Waals surface area contributed by atoms with Crippen LogP contribution in [0.2, 0.25) is 0 Å². The molecule has 0 unspecified atom stereocenters. The maximum absolute atomic E-state index is 11.4. The Morgan fingerprint density at radius 2 is 2.12 bits per heavy atom. The van der Waals surface area contributed by atoms with E-state index < -0.39 is 0 Å². The number of ether oxygens (including phenoxy) is 1. The molecule has 90 valence electrons. The molecule has 0 bridgehead atoms. The summed E-state index contributed by atoms with van der Waals surface area (Å²) in [5.74, 6) is 0.258. The van der Waals surface area contributed by atoms with Gasteiger partial charge in [0.2, 0.25) is 0 Å². The van der Waals surface area contributed by atoms with Crippen molar-refractivity contribution in [1.29, 1.82) is 0 Å². The average molecular weight is 230 g/mol. The van der Waals surface area contributed by atoms with E-state index in [0.29, 0.717) is 12.8 Å². The fourth-order valence-corrected chi connectivity index (χ4v) is 2.03. The summed E-state index contributed by atoms with van der Waals surface area (Å²) in [4.78, 5) is 11.4. The molecule has 17 heavy (non-hydrogen) atoms. The summed E-state index contributed by atoms with van der Waals surface area (Å²) in [5, 5.41) is 0. The van der Waals surface area contributed by atoms with Gasteiger partial charge in [-0.2, -0.15) is 0 Å². The standard InChI is InChI=1S/C15H18O2/c1-2-13(16)11-14-9-6-10-15(17-14)12-7-4-3-5-8-12/h3-9,14-15H,2,10-11H2,1H3/t14-,15+/m1/s1. The van der Waals surface area contributed by atoms with Gasteiger partial charge in [0.1, 0.15) is 5.78 Å². The highest BCUT2D eigenvalue weighted by atomic mass is 16.5. The van der Waals surface area contributed by atoms with Crippen molar-refractivity contribution in [3.63, 3.8) is 0 Å². The quantitative estimate of drug-likeness (QED) is 0.741. The Labute approximate surface area is 102 Å². The van der Waals surface area contributed by atoms with Crippen molar-refractivity contribution in [2.75, 3.05) is 0 Å². The molecule has 0 amide bonds. The SMILES string of the molecule is CCC(=O)C[C@H]1C=CC[C@@H](c2ccccc2)O1. The molecule has 0 saturated heterocycles. The minimum Gasteiger partial charge on any atom is -0.365 e. The third-order valence-electron chi connectivity index (χ3n) is 3.03. The Bertz CT molecular complexity index is 395. The van der Waals surface area contributed by atoms with Gasteiger partial charge >= 0.3 is 0 Å². The molecular weight excluding hydrogens is 212 g/mol. The summed E-state index contributed by atoms with van der Waals surface area (Å²) in [7, 11) is 0. The molecule has 1 heterocycles. The minimum absolute atomic E-state index is 0.0543. The summed E-state index contributed by atoms with van der Waals surface area (Å²) >= 11 is 0. The molecule has 0 saturated carbocycles. The van der Waals surface area contributed by atoms with Gasteiger partial charge in [-0.1, -0.05) is 49.4 Å². The maximum atomic E-state index is 11.4. The van der Waals surface area contributed by atoms with Crippen molar-refractivity contribution in [1.82, 2.24) is 0 Å². The first-order chi connectivity index (χ1) is 8.29. The van der Waals surface area contributed by atoms with Crippen molar-refractivity contribution >= 4 is 5.78 Å². The molecule has 0 N–H and O–H groups in total. The molecule has 0 fully saturated rings. The van der Waals surface area contributed by atoms with Gasteiger partial charge in [0.25, 0.3) is 0 Å². The number of ketones is 1. The van der Waals surface area contributed by atoms with E-state index in [1.165, 1.54) is 5.56 Å². The van der Waals surface area contributed by atoms with Crippen LogP contribution in [0, 0.1) is 0 Å². The van der Waals surface area contributed by atoms with Crippen LogP contribution in [0.1, 0.15) is 37.9 Å². The second kappa shape index (κ2) is 5.78. The molecule has 0 spiro atoms. The Morgan fingerprint density at radius 3 is 2.82 bits per heavy atom. The van der Waals surface area contributed by atoms with Gasteiger partial charge in [0.05, 0.1) is 12.2 Å². The molecular formula is C15H18O2. The van der Waals surface area contributed by atoms with Crippen LogP contribution >= 0.6 is 0 Å². The predicted molar refractivity (Wildman–Crippen MR) is 67.7 cm³/mol. The van der Waals surface area contributed by atoms with E-state index in [-0.39, 0.29) is 18.0 Å². The van der Waals surface area contributed by atoms with E-state index in [4.69, 9.17) is 4.74 Å². The highest BCUT2D eigenvalue weighted by Crippen LogP contribution is 2.28. The molecule has 0 aromatic heterocycles. The lowest BCUT2D eigenvalue weighted by atomic mass is 10.0. The van der Waals surface area contributed by atoms with Crippen LogP contribution in [0.15, 0.2) is 42.5 Å². The van der Waals surface area contributed by atoms with E-state index in [1.807, 2.05) is 31.2 Å². The molecule has 1 aromatic carbocycles. The topological polar surface area (TPSA) is 26.3 Å². The van der Waals surface area contributed by atoms with Gasteiger partial charge in [0.15, 0.2) is 0 Å². The average Bonchev–Trinajstić information content (AvgIpc) is 2.40. The fourth-order valence-electron chi connectivity index (χ4n) is 2.03. The van der Waals surface area contributed by atoms with E-state index in [1.54, 1.807) is 0 Å². The van der Waals surface area contributed by atoms with E-state index >= 15 is 0 Å². The molecule has 2 atom stereocenters. The highest BCUT2D eigenvalue weighted by molar-refractivity contribution is 5.78. The van der Waals surface area contributed by atoms with Gasteiger partial charge in [0, 0.05) is 12.8 Å². The van der Waals surface area contributed by atoms with E-state index in [2.05, 4.69) is 18.2 Å². The van der Waals surface area contributed by atoms with Crippen LogP contribution in [0.3, 0.4) is 0 Å². The second-order valence-corrected chi connectivity index (χ2v) is 4.33. The molecule has 2 heteroatoms. The zero-order chi connectivity index (χ0) is 12.1. The van der Waals surface area contributed by atoms with Crippen molar-refractivity contribution in [2.24, 2.45) is 0 Å². The number of hydrogen-bond acceptors (Lipinski definition) is 2. The minimum atomic E-state index is -0.0543. The van der Waals surface area contributed by atoms with Crippen molar-refractivity contribution in [2.45, 2.75) is 38.4 Å². The number of rotatable bonds is 4. The van der Waals surface area contributed by atoms with Crippen molar-refractivity contribution in [3.8, 4) is 0 Å². The molecule has 0 radical (unpaired) electrons. The molecule has 1 aromatic rings. The number of benzene rings is 1.